The highest BCUT2D eigenvalue weighted by atomic mass is 32.2. The van der Waals surface area contributed by atoms with Crippen molar-refractivity contribution in [2.24, 2.45) is 12.8 Å². The Balaban J connectivity index is 3.06. The van der Waals surface area contributed by atoms with E-state index in [-0.39, 0.29) is 23.4 Å². The fourth-order valence-electron chi connectivity index (χ4n) is 1.91. The van der Waals surface area contributed by atoms with Crippen LogP contribution in [0.4, 0.5) is 0 Å². The molecule has 0 unspecified atom stereocenters. The van der Waals surface area contributed by atoms with Crippen LogP contribution in [0.2, 0.25) is 0 Å². The molecule has 0 bridgehead atoms. The van der Waals surface area contributed by atoms with Gasteiger partial charge >= 0.3 is 5.97 Å². The summed E-state index contributed by atoms with van der Waals surface area (Å²) in [5.41, 5.74) is 5.60. The standard InChI is InChI=1S/C11H18N4O5S/c1-6-10(7(2)15(3)13-6)21(19,20)14-8(11(17)18)4-5-9(12)16/h8,14H,4-5H2,1-3H3,(H2,12,16)(H,17,18)/t8-/m1/s1. The van der Waals surface area contributed by atoms with Gasteiger partial charge in [-0.25, -0.2) is 8.42 Å². The van der Waals surface area contributed by atoms with Crippen LogP contribution < -0.4 is 10.5 Å². The number of rotatable bonds is 7. The predicted molar refractivity (Wildman–Crippen MR) is 72.9 cm³/mol. The number of carboxylic acids is 1. The van der Waals surface area contributed by atoms with Crippen LogP contribution in [0.25, 0.3) is 0 Å². The summed E-state index contributed by atoms with van der Waals surface area (Å²) < 4.78 is 28.1. The predicted octanol–water partition coefficient (Wildman–Crippen LogP) is -0.966. The van der Waals surface area contributed by atoms with Gasteiger partial charge in [0.25, 0.3) is 0 Å². The normalized spacial score (nSPS) is 13.1. The fourth-order valence-corrected chi connectivity index (χ4v) is 3.57. The lowest BCUT2D eigenvalue weighted by molar-refractivity contribution is -0.139. The SMILES string of the molecule is Cc1nn(C)c(C)c1S(=O)(=O)N[C@H](CCC(N)=O)C(=O)O. The summed E-state index contributed by atoms with van der Waals surface area (Å²) in [7, 11) is -2.47. The first-order valence-electron chi connectivity index (χ1n) is 6.10. The molecular formula is C11H18N4O5S. The van der Waals surface area contributed by atoms with Crippen molar-refractivity contribution in [2.75, 3.05) is 0 Å². The number of nitrogens with one attached hydrogen (secondary N) is 1. The molecule has 0 saturated heterocycles. The zero-order valence-corrected chi connectivity index (χ0v) is 12.8. The maximum absolute atomic E-state index is 12.3. The molecule has 0 aliphatic rings. The molecule has 0 saturated carbocycles. The number of nitrogens with zero attached hydrogens (tertiary/aromatic N) is 2. The van der Waals surface area contributed by atoms with Crippen molar-refractivity contribution in [3.05, 3.63) is 11.4 Å². The molecule has 1 rings (SSSR count). The van der Waals surface area contributed by atoms with Gasteiger partial charge < -0.3 is 10.8 Å². The molecule has 1 heterocycles. The van der Waals surface area contributed by atoms with E-state index in [2.05, 4.69) is 9.82 Å². The number of sulfonamides is 1. The maximum Gasteiger partial charge on any atom is 0.321 e. The Hall–Kier alpha value is -1.94. The van der Waals surface area contributed by atoms with Gasteiger partial charge in [0.05, 0.1) is 11.4 Å². The molecule has 0 fully saturated rings. The molecule has 9 nitrogen and oxygen atoms in total. The van der Waals surface area contributed by atoms with Gasteiger partial charge in [0, 0.05) is 13.5 Å². The molecule has 0 aliphatic heterocycles. The molecule has 10 heteroatoms. The molecule has 1 amide bonds. The number of nitrogens with two attached hydrogens (primary N) is 1. The highest BCUT2D eigenvalue weighted by Gasteiger charge is 2.29. The minimum atomic E-state index is -4.06. The average Bonchev–Trinajstić information content (AvgIpc) is 2.58. The number of aromatic nitrogens is 2. The second-order valence-corrected chi connectivity index (χ2v) is 6.29. The molecule has 1 aromatic rings. The third-order valence-corrected chi connectivity index (χ3v) is 4.71. The van der Waals surface area contributed by atoms with Gasteiger partial charge in [-0.15, -0.1) is 0 Å². The molecule has 118 valence electrons. The van der Waals surface area contributed by atoms with E-state index in [0.717, 1.165) is 0 Å². The minimum Gasteiger partial charge on any atom is -0.480 e. The smallest absolute Gasteiger partial charge is 0.321 e. The molecule has 0 spiro atoms. The van der Waals surface area contributed by atoms with Crippen LogP contribution in [0.5, 0.6) is 0 Å². The van der Waals surface area contributed by atoms with Gasteiger partial charge in [0.15, 0.2) is 0 Å². The van der Waals surface area contributed by atoms with Crippen molar-refractivity contribution < 1.29 is 23.1 Å². The molecule has 21 heavy (non-hydrogen) atoms. The molecule has 1 aromatic heterocycles. The monoisotopic (exact) mass is 318 g/mol. The van der Waals surface area contributed by atoms with Gasteiger partial charge in [-0.2, -0.15) is 9.82 Å². The first-order chi connectivity index (χ1) is 9.56. The average molecular weight is 318 g/mol. The lowest BCUT2D eigenvalue weighted by atomic mass is 10.2. The summed E-state index contributed by atoms with van der Waals surface area (Å²) in [5.74, 6) is -2.08. The van der Waals surface area contributed by atoms with Crippen molar-refractivity contribution in [3.63, 3.8) is 0 Å². The third-order valence-electron chi connectivity index (χ3n) is 2.99. The zero-order chi connectivity index (χ0) is 16.4. The number of amides is 1. The van der Waals surface area contributed by atoms with Gasteiger partial charge in [-0.1, -0.05) is 0 Å². The van der Waals surface area contributed by atoms with E-state index in [1.807, 2.05) is 0 Å². The van der Waals surface area contributed by atoms with Crippen LogP contribution in [-0.4, -0.2) is 41.2 Å². The molecule has 0 aliphatic carbocycles. The fraction of sp³-hybridized carbons (Fsp3) is 0.545. The quantitative estimate of drug-likeness (QED) is 0.590. The van der Waals surface area contributed by atoms with Crippen LogP contribution in [0, 0.1) is 13.8 Å². The molecular weight excluding hydrogens is 300 g/mol. The van der Waals surface area contributed by atoms with Crippen molar-refractivity contribution >= 4 is 21.9 Å². The summed E-state index contributed by atoms with van der Waals surface area (Å²) in [4.78, 5) is 21.7. The van der Waals surface area contributed by atoms with E-state index in [0.29, 0.717) is 5.69 Å². The number of carbonyl (C=O) groups excluding carboxylic acids is 1. The summed E-state index contributed by atoms with van der Waals surface area (Å²) in [5, 5.41) is 13.0. The van der Waals surface area contributed by atoms with Gasteiger partial charge in [-0.3, -0.25) is 14.3 Å². The Bertz CT molecular complexity index is 664. The topological polar surface area (TPSA) is 144 Å². The highest BCUT2D eigenvalue weighted by Crippen LogP contribution is 2.19. The first-order valence-corrected chi connectivity index (χ1v) is 7.58. The number of primary amides is 1. The van der Waals surface area contributed by atoms with Crippen molar-refractivity contribution in [3.8, 4) is 0 Å². The highest BCUT2D eigenvalue weighted by molar-refractivity contribution is 7.89. The van der Waals surface area contributed by atoms with E-state index >= 15 is 0 Å². The number of carboxylic acid groups (broad SMARTS) is 1. The Labute approximate surface area is 122 Å². The summed E-state index contributed by atoms with van der Waals surface area (Å²) in [6, 6.07) is -1.43. The van der Waals surface area contributed by atoms with Crippen LogP contribution >= 0.6 is 0 Å². The van der Waals surface area contributed by atoms with E-state index < -0.39 is 27.9 Å². The van der Waals surface area contributed by atoms with Crippen LogP contribution in [-0.2, 0) is 26.7 Å². The maximum atomic E-state index is 12.3. The van der Waals surface area contributed by atoms with E-state index in [9.17, 15) is 18.0 Å². The Kier molecular flexibility index (Phi) is 5.07. The van der Waals surface area contributed by atoms with E-state index in [4.69, 9.17) is 10.8 Å². The lowest BCUT2D eigenvalue weighted by Gasteiger charge is -2.14. The third kappa shape index (κ3) is 4.02. The summed E-state index contributed by atoms with van der Waals surface area (Å²) in [6.45, 7) is 3.08. The molecule has 0 radical (unpaired) electrons. The lowest BCUT2D eigenvalue weighted by Crippen LogP contribution is -2.41. The van der Waals surface area contributed by atoms with Crippen molar-refractivity contribution in [1.29, 1.82) is 0 Å². The van der Waals surface area contributed by atoms with Crippen molar-refractivity contribution in [2.45, 2.75) is 37.6 Å². The Morgan fingerprint density at radius 2 is 2.00 bits per heavy atom. The second-order valence-electron chi connectivity index (χ2n) is 4.64. The zero-order valence-electron chi connectivity index (χ0n) is 12.0. The number of hydrogen-bond donors (Lipinski definition) is 3. The Morgan fingerprint density at radius 3 is 2.38 bits per heavy atom. The minimum absolute atomic E-state index is 0.0599. The van der Waals surface area contributed by atoms with Crippen LogP contribution in [0.15, 0.2) is 4.90 Å². The molecule has 4 N–H and O–H groups in total. The first kappa shape index (κ1) is 17.1. The van der Waals surface area contributed by atoms with E-state index in [1.165, 1.54) is 11.6 Å². The van der Waals surface area contributed by atoms with Crippen LogP contribution in [0.3, 0.4) is 0 Å². The van der Waals surface area contributed by atoms with Gasteiger partial charge in [0.1, 0.15) is 10.9 Å². The van der Waals surface area contributed by atoms with Crippen LogP contribution in [0.1, 0.15) is 24.2 Å². The van der Waals surface area contributed by atoms with E-state index in [1.54, 1.807) is 14.0 Å². The molecule has 1 atom stereocenters. The second kappa shape index (κ2) is 6.22. The number of aryl methyl sites for hydroxylation is 2. The number of carbonyl (C=O) groups is 2. The number of hydrogen-bond acceptors (Lipinski definition) is 5. The van der Waals surface area contributed by atoms with Gasteiger partial charge in [-0.05, 0) is 20.3 Å². The summed E-state index contributed by atoms with van der Waals surface area (Å²) in [6.07, 6.45) is -0.452. The Morgan fingerprint density at radius 1 is 1.43 bits per heavy atom. The largest absolute Gasteiger partial charge is 0.480 e. The molecule has 0 aromatic carbocycles. The summed E-state index contributed by atoms with van der Waals surface area (Å²) >= 11 is 0. The van der Waals surface area contributed by atoms with Gasteiger partial charge in [0.2, 0.25) is 15.9 Å². The van der Waals surface area contributed by atoms with Crippen molar-refractivity contribution in [1.82, 2.24) is 14.5 Å². The number of aliphatic carboxylic acids is 1.